The maximum Gasteiger partial charge on any atom is 0.227 e. The Morgan fingerprint density at radius 3 is 3.06 bits per heavy atom. The first kappa shape index (κ1) is 13.0. The number of carbonyl (C=O) groups excluding carboxylic acids is 1. The molecular formula is C14H19FN2O. The number of rotatable bonds is 3. The molecule has 0 aromatic heterocycles. The largest absolute Gasteiger partial charge is 0.335 e. The van der Waals surface area contributed by atoms with Gasteiger partial charge in [-0.3, -0.25) is 4.79 Å². The fourth-order valence-electron chi connectivity index (χ4n) is 2.47. The van der Waals surface area contributed by atoms with Gasteiger partial charge in [0, 0.05) is 19.0 Å². The lowest BCUT2D eigenvalue weighted by Crippen LogP contribution is -2.37. The monoisotopic (exact) mass is 250 g/mol. The van der Waals surface area contributed by atoms with Gasteiger partial charge in [-0.2, -0.15) is 0 Å². The van der Waals surface area contributed by atoms with Gasteiger partial charge in [-0.25, -0.2) is 4.39 Å². The second-order valence-corrected chi connectivity index (χ2v) is 4.88. The Bertz CT molecular complexity index is 436. The lowest BCUT2D eigenvalue weighted by atomic mass is 10.0. The first-order valence-electron chi connectivity index (χ1n) is 6.39. The van der Waals surface area contributed by atoms with Crippen molar-refractivity contribution in [3.05, 3.63) is 35.6 Å². The van der Waals surface area contributed by atoms with Crippen LogP contribution in [0.15, 0.2) is 24.3 Å². The molecular weight excluding hydrogens is 231 g/mol. The normalized spacial score (nSPS) is 21.1. The van der Waals surface area contributed by atoms with Crippen molar-refractivity contribution in [2.45, 2.75) is 25.8 Å². The van der Waals surface area contributed by atoms with Crippen LogP contribution in [0.25, 0.3) is 0 Å². The van der Waals surface area contributed by atoms with Gasteiger partial charge < -0.3 is 10.6 Å². The van der Waals surface area contributed by atoms with Gasteiger partial charge in [0.1, 0.15) is 5.82 Å². The molecule has 0 aliphatic carbocycles. The molecule has 0 saturated carbocycles. The number of nitrogens with two attached hydrogens (primary N) is 1. The standard InChI is InChI=1S/C14H19FN2O/c1-10(9-16)14(18)17-7-3-6-13(17)11-4-2-5-12(15)8-11/h2,4-5,8,10,13H,3,6-7,9,16H2,1H3. The highest BCUT2D eigenvalue weighted by atomic mass is 19.1. The van der Waals surface area contributed by atoms with Crippen LogP contribution in [0.3, 0.4) is 0 Å². The van der Waals surface area contributed by atoms with Crippen molar-refractivity contribution >= 4 is 5.91 Å². The second kappa shape index (κ2) is 5.48. The number of benzene rings is 1. The van der Waals surface area contributed by atoms with Crippen molar-refractivity contribution in [2.75, 3.05) is 13.1 Å². The highest BCUT2D eigenvalue weighted by Crippen LogP contribution is 2.33. The molecule has 2 atom stereocenters. The van der Waals surface area contributed by atoms with Crippen LogP contribution in [0.2, 0.25) is 0 Å². The third kappa shape index (κ3) is 2.53. The van der Waals surface area contributed by atoms with E-state index in [0.717, 1.165) is 24.9 Å². The Balaban J connectivity index is 2.20. The summed E-state index contributed by atoms with van der Waals surface area (Å²) in [6, 6.07) is 6.52. The SMILES string of the molecule is CC(CN)C(=O)N1CCCC1c1cccc(F)c1. The molecule has 2 N–H and O–H groups in total. The minimum atomic E-state index is -0.251. The molecule has 1 aromatic carbocycles. The molecule has 1 aliphatic rings. The van der Waals surface area contributed by atoms with E-state index in [1.165, 1.54) is 12.1 Å². The smallest absolute Gasteiger partial charge is 0.227 e. The Morgan fingerprint density at radius 1 is 1.61 bits per heavy atom. The second-order valence-electron chi connectivity index (χ2n) is 4.88. The summed E-state index contributed by atoms with van der Waals surface area (Å²) in [4.78, 5) is 14.0. The molecule has 0 bridgehead atoms. The van der Waals surface area contributed by atoms with Crippen LogP contribution in [-0.4, -0.2) is 23.9 Å². The number of likely N-dealkylation sites (tertiary alicyclic amines) is 1. The van der Waals surface area contributed by atoms with E-state index < -0.39 is 0 Å². The molecule has 1 aromatic rings. The summed E-state index contributed by atoms with van der Waals surface area (Å²) in [7, 11) is 0. The number of carbonyl (C=O) groups is 1. The molecule has 0 spiro atoms. The van der Waals surface area contributed by atoms with E-state index in [1.807, 2.05) is 17.9 Å². The van der Waals surface area contributed by atoms with Gasteiger partial charge in [-0.05, 0) is 30.5 Å². The molecule has 3 nitrogen and oxygen atoms in total. The Hall–Kier alpha value is -1.42. The number of amides is 1. The van der Waals surface area contributed by atoms with E-state index in [-0.39, 0.29) is 23.7 Å². The van der Waals surface area contributed by atoms with E-state index in [9.17, 15) is 9.18 Å². The molecule has 1 heterocycles. The highest BCUT2D eigenvalue weighted by Gasteiger charge is 2.31. The summed E-state index contributed by atoms with van der Waals surface area (Å²) in [5.74, 6) is -0.345. The number of hydrogen-bond acceptors (Lipinski definition) is 2. The van der Waals surface area contributed by atoms with Crippen LogP contribution in [-0.2, 0) is 4.79 Å². The Morgan fingerprint density at radius 2 is 2.39 bits per heavy atom. The highest BCUT2D eigenvalue weighted by molar-refractivity contribution is 5.79. The zero-order chi connectivity index (χ0) is 13.1. The Kier molecular flexibility index (Phi) is 3.97. The molecule has 2 rings (SSSR count). The Labute approximate surface area is 107 Å². The maximum absolute atomic E-state index is 13.3. The van der Waals surface area contributed by atoms with Crippen molar-refractivity contribution in [3.8, 4) is 0 Å². The van der Waals surface area contributed by atoms with Gasteiger partial charge in [0.25, 0.3) is 0 Å². The fraction of sp³-hybridized carbons (Fsp3) is 0.500. The molecule has 1 saturated heterocycles. The third-order valence-electron chi connectivity index (χ3n) is 3.54. The van der Waals surface area contributed by atoms with Gasteiger partial charge in [-0.15, -0.1) is 0 Å². The molecule has 0 radical (unpaired) electrons. The maximum atomic E-state index is 13.3. The van der Waals surface area contributed by atoms with Crippen LogP contribution in [0, 0.1) is 11.7 Å². The van der Waals surface area contributed by atoms with Crippen LogP contribution >= 0.6 is 0 Å². The molecule has 2 unspecified atom stereocenters. The first-order valence-corrected chi connectivity index (χ1v) is 6.39. The third-order valence-corrected chi connectivity index (χ3v) is 3.54. The predicted molar refractivity (Wildman–Crippen MR) is 68.3 cm³/mol. The molecule has 1 aliphatic heterocycles. The predicted octanol–water partition coefficient (Wildman–Crippen LogP) is 2.08. The molecule has 18 heavy (non-hydrogen) atoms. The van der Waals surface area contributed by atoms with E-state index in [0.29, 0.717) is 6.54 Å². The summed E-state index contributed by atoms with van der Waals surface area (Å²) >= 11 is 0. The molecule has 98 valence electrons. The molecule has 1 amide bonds. The zero-order valence-corrected chi connectivity index (χ0v) is 10.6. The van der Waals surface area contributed by atoms with Crippen molar-refractivity contribution in [1.82, 2.24) is 4.90 Å². The lowest BCUT2D eigenvalue weighted by molar-refractivity contribution is -0.135. The van der Waals surface area contributed by atoms with Crippen molar-refractivity contribution < 1.29 is 9.18 Å². The minimum absolute atomic E-state index is 0.00204. The van der Waals surface area contributed by atoms with Crippen molar-refractivity contribution in [1.29, 1.82) is 0 Å². The quantitative estimate of drug-likeness (QED) is 0.892. The average molecular weight is 250 g/mol. The lowest BCUT2D eigenvalue weighted by Gasteiger charge is -2.27. The summed E-state index contributed by atoms with van der Waals surface area (Å²) in [6.07, 6.45) is 1.86. The summed E-state index contributed by atoms with van der Waals surface area (Å²) in [6.45, 7) is 2.93. The molecule has 1 fully saturated rings. The van der Waals surface area contributed by atoms with Crippen molar-refractivity contribution in [2.24, 2.45) is 11.7 Å². The summed E-state index contributed by atoms with van der Waals surface area (Å²) in [5, 5.41) is 0. The van der Waals surface area contributed by atoms with Gasteiger partial charge >= 0.3 is 0 Å². The summed E-state index contributed by atoms with van der Waals surface area (Å²) in [5.41, 5.74) is 6.42. The number of hydrogen-bond donors (Lipinski definition) is 1. The topological polar surface area (TPSA) is 46.3 Å². The van der Waals surface area contributed by atoms with Gasteiger partial charge in [0.15, 0.2) is 0 Å². The molecule has 4 heteroatoms. The van der Waals surface area contributed by atoms with E-state index in [4.69, 9.17) is 5.73 Å². The van der Waals surface area contributed by atoms with Crippen molar-refractivity contribution in [3.63, 3.8) is 0 Å². The fourth-order valence-corrected chi connectivity index (χ4v) is 2.47. The van der Waals surface area contributed by atoms with Crippen LogP contribution in [0.1, 0.15) is 31.4 Å². The van der Waals surface area contributed by atoms with Gasteiger partial charge in [0.05, 0.1) is 6.04 Å². The van der Waals surface area contributed by atoms with E-state index >= 15 is 0 Å². The van der Waals surface area contributed by atoms with Gasteiger partial charge in [0.2, 0.25) is 5.91 Å². The van der Waals surface area contributed by atoms with Crippen LogP contribution < -0.4 is 5.73 Å². The average Bonchev–Trinajstić information content (AvgIpc) is 2.86. The minimum Gasteiger partial charge on any atom is -0.335 e. The number of nitrogens with zero attached hydrogens (tertiary/aromatic N) is 1. The zero-order valence-electron chi connectivity index (χ0n) is 10.6. The summed E-state index contributed by atoms with van der Waals surface area (Å²) < 4.78 is 13.3. The first-order chi connectivity index (χ1) is 8.63. The van der Waals surface area contributed by atoms with E-state index in [1.54, 1.807) is 6.07 Å². The number of halogens is 1. The van der Waals surface area contributed by atoms with Crippen LogP contribution in [0.4, 0.5) is 4.39 Å². The van der Waals surface area contributed by atoms with Crippen LogP contribution in [0.5, 0.6) is 0 Å². The van der Waals surface area contributed by atoms with Gasteiger partial charge in [-0.1, -0.05) is 19.1 Å². The van der Waals surface area contributed by atoms with E-state index in [2.05, 4.69) is 0 Å².